The topological polar surface area (TPSA) is 80.4 Å². The van der Waals surface area contributed by atoms with Gasteiger partial charge in [-0.1, -0.05) is 19.1 Å². The molecule has 2 atom stereocenters. The molecule has 0 saturated heterocycles. The standard InChI is InChI=1S/C11H17NO3S/c1-3-16(14,15)8(2)11(13)9-4-6-10(12)7-5-9/h4-8,11,13H,3,12H2,1-2H3/t8-,11-/m0/s1. The summed E-state index contributed by atoms with van der Waals surface area (Å²) in [6.45, 7) is 3.08. The molecule has 16 heavy (non-hydrogen) atoms. The van der Waals surface area contributed by atoms with Crippen LogP contribution in [-0.4, -0.2) is 24.5 Å². The second-order valence-electron chi connectivity index (χ2n) is 3.77. The number of nitrogen functional groups attached to an aromatic ring is 1. The highest BCUT2D eigenvalue weighted by Gasteiger charge is 2.27. The molecule has 0 aromatic heterocycles. The van der Waals surface area contributed by atoms with E-state index in [-0.39, 0.29) is 5.75 Å². The maximum Gasteiger partial charge on any atom is 0.155 e. The molecule has 0 spiro atoms. The molecule has 0 heterocycles. The number of nitrogens with two attached hydrogens (primary N) is 1. The first-order chi connectivity index (χ1) is 7.38. The second kappa shape index (κ2) is 4.84. The number of sulfone groups is 1. The lowest BCUT2D eigenvalue weighted by Gasteiger charge is -2.18. The third-order valence-electron chi connectivity index (χ3n) is 2.69. The molecule has 1 rings (SSSR count). The van der Waals surface area contributed by atoms with E-state index < -0.39 is 21.2 Å². The van der Waals surface area contributed by atoms with Crippen LogP contribution in [-0.2, 0) is 9.84 Å². The molecular weight excluding hydrogens is 226 g/mol. The van der Waals surface area contributed by atoms with Gasteiger partial charge in [0, 0.05) is 11.4 Å². The lowest BCUT2D eigenvalue weighted by molar-refractivity contribution is 0.176. The van der Waals surface area contributed by atoms with Gasteiger partial charge in [-0.2, -0.15) is 0 Å². The van der Waals surface area contributed by atoms with Crippen molar-refractivity contribution in [3.8, 4) is 0 Å². The monoisotopic (exact) mass is 243 g/mol. The van der Waals surface area contributed by atoms with Gasteiger partial charge in [-0.15, -0.1) is 0 Å². The van der Waals surface area contributed by atoms with Crippen molar-refractivity contribution in [3.05, 3.63) is 29.8 Å². The van der Waals surface area contributed by atoms with Crippen LogP contribution in [0.4, 0.5) is 5.69 Å². The van der Waals surface area contributed by atoms with E-state index in [1.165, 1.54) is 6.92 Å². The quantitative estimate of drug-likeness (QED) is 0.777. The fourth-order valence-corrected chi connectivity index (χ4v) is 2.50. The maximum absolute atomic E-state index is 11.6. The summed E-state index contributed by atoms with van der Waals surface area (Å²) in [4.78, 5) is 0. The summed E-state index contributed by atoms with van der Waals surface area (Å²) in [6.07, 6.45) is -1.01. The Labute approximate surface area is 96.0 Å². The van der Waals surface area contributed by atoms with Crippen LogP contribution in [0.2, 0.25) is 0 Å². The molecule has 0 unspecified atom stereocenters. The third-order valence-corrected chi connectivity index (χ3v) is 4.89. The highest BCUT2D eigenvalue weighted by Crippen LogP contribution is 2.23. The lowest BCUT2D eigenvalue weighted by Crippen LogP contribution is -2.26. The van der Waals surface area contributed by atoms with Crippen LogP contribution in [0.25, 0.3) is 0 Å². The van der Waals surface area contributed by atoms with Gasteiger partial charge in [0.25, 0.3) is 0 Å². The predicted octanol–water partition coefficient (Wildman–Crippen LogP) is 1.13. The van der Waals surface area contributed by atoms with Gasteiger partial charge in [-0.05, 0) is 24.6 Å². The molecule has 0 amide bonds. The van der Waals surface area contributed by atoms with Crippen LogP contribution in [0, 0.1) is 0 Å². The van der Waals surface area contributed by atoms with Gasteiger partial charge >= 0.3 is 0 Å². The number of aliphatic hydroxyl groups is 1. The first-order valence-corrected chi connectivity index (χ1v) is 6.85. The summed E-state index contributed by atoms with van der Waals surface area (Å²) in [7, 11) is -3.24. The van der Waals surface area contributed by atoms with E-state index in [2.05, 4.69) is 0 Å². The predicted molar refractivity (Wildman–Crippen MR) is 64.7 cm³/mol. The fourth-order valence-electron chi connectivity index (χ4n) is 1.42. The average molecular weight is 243 g/mol. The van der Waals surface area contributed by atoms with Crippen molar-refractivity contribution in [2.75, 3.05) is 11.5 Å². The Kier molecular flexibility index (Phi) is 3.93. The highest BCUT2D eigenvalue weighted by molar-refractivity contribution is 7.92. The van der Waals surface area contributed by atoms with Gasteiger partial charge in [0.05, 0.1) is 11.4 Å². The van der Waals surface area contributed by atoms with Gasteiger partial charge in [-0.25, -0.2) is 8.42 Å². The van der Waals surface area contributed by atoms with Crippen LogP contribution in [0.1, 0.15) is 25.5 Å². The second-order valence-corrected chi connectivity index (χ2v) is 6.41. The molecule has 0 saturated carbocycles. The number of benzene rings is 1. The maximum atomic E-state index is 11.6. The first-order valence-electron chi connectivity index (χ1n) is 5.13. The minimum atomic E-state index is -3.24. The molecule has 0 bridgehead atoms. The SMILES string of the molecule is CCS(=O)(=O)[C@@H](C)[C@H](O)c1ccc(N)cc1. The van der Waals surface area contributed by atoms with Crippen molar-refractivity contribution in [2.24, 2.45) is 0 Å². The Bertz CT molecular complexity index is 439. The molecule has 1 aromatic carbocycles. The zero-order valence-electron chi connectivity index (χ0n) is 9.42. The molecule has 4 nitrogen and oxygen atoms in total. The van der Waals surface area contributed by atoms with E-state index in [9.17, 15) is 13.5 Å². The largest absolute Gasteiger partial charge is 0.399 e. The van der Waals surface area contributed by atoms with Crippen molar-refractivity contribution in [1.29, 1.82) is 0 Å². The van der Waals surface area contributed by atoms with Gasteiger partial charge in [0.2, 0.25) is 0 Å². The zero-order valence-corrected chi connectivity index (χ0v) is 10.2. The van der Waals surface area contributed by atoms with E-state index in [1.807, 2.05) is 0 Å². The number of hydrogen-bond acceptors (Lipinski definition) is 4. The number of rotatable bonds is 4. The molecule has 3 N–H and O–H groups in total. The average Bonchev–Trinajstić information content (AvgIpc) is 2.28. The number of anilines is 1. The molecule has 0 aliphatic carbocycles. The minimum absolute atomic E-state index is 0.0280. The molecule has 0 aliphatic heterocycles. The van der Waals surface area contributed by atoms with Gasteiger partial charge < -0.3 is 10.8 Å². The van der Waals surface area contributed by atoms with Gasteiger partial charge in [0.1, 0.15) is 0 Å². The van der Waals surface area contributed by atoms with E-state index in [4.69, 9.17) is 5.73 Å². The van der Waals surface area contributed by atoms with Gasteiger partial charge in [-0.3, -0.25) is 0 Å². The fraction of sp³-hybridized carbons (Fsp3) is 0.455. The van der Waals surface area contributed by atoms with Crippen LogP contribution in [0.15, 0.2) is 24.3 Å². The molecule has 0 radical (unpaired) electrons. The molecule has 0 aliphatic rings. The summed E-state index contributed by atoms with van der Waals surface area (Å²) in [5.74, 6) is 0.0280. The van der Waals surface area contributed by atoms with Crippen LogP contribution < -0.4 is 5.73 Å². The molecular formula is C11H17NO3S. The van der Waals surface area contributed by atoms with Gasteiger partial charge in [0.15, 0.2) is 9.84 Å². The zero-order chi connectivity index (χ0) is 12.3. The Balaban J connectivity index is 2.94. The van der Waals surface area contributed by atoms with Crippen molar-refractivity contribution >= 4 is 15.5 Å². The van der Waals surface area contributed by atoms with Crippen molar-refractivity contribution in [2.45, 2.75) is 25.2 Å². The summed E-state index contributed by atoms with van der Waals surface area (Å²) in [6, 6.07) is 6.57. The third kappa shape index (κ3) is 2.74. The molecule has 0 fully saturated rings. The van der Waals surface area contributed by atoms with Crippen LogP contribution in [0.3, 0.4) is 0 Å². The van der Waals surface area contributed by atoms with E-state index >= 15 is 0 Å². The molecule has 1 aromatic rings. The summed E-state index contributed by atoms with van der Waals surface area (Å²) >= 11 is 0. The van der Waals surface area contributed by atoms with E-state index in [0.29, 0.717) is 11.3 Å². The smallest absolute Gasteiger partial charge is 0.155 e. The normalized spacial score (nSPS) is 15.7. The Morgan fingerprint density at radius 1 is 1.31 bits per heavy atom. The molecule has 90 valence electrons. The van der Waals surface area contributed by atoms with E-state index in [0.717, 1.165) is 0 Å². The number of aliphatic hydroxyl groups excluding tert-OH is 1. The summed E-state index contributed by atoms with van der Waals surface area (Å²) < 4.78 is 23.2. The van der Waals surface area contributed by atoms with Crippen LogP contribution in [0.5, 0.6) is 0 Å². The Morgan fingerprint density at radius 3 is 2.25 bits per heavy atom. The minimum Gasteiger partial charge on any atom is -0.399 e. The molecule has 5 heteroatoms. The van der Waals surface area contributed by atoms with Crippen molar-refractivity contribution in [3.63, 3.8) is 0 Å². The Hall–Kier alpha value is -1.07. The summed E-state index contributed by atoms with van der Waals surface area (Å²) in [5, 5.41) is 9.12. The van der Waals surface area contributed by atoms with Crippen molar-refractivity contribution < 1.29 is 13.5 Å². The summed E-state index contributed by atoms with van der Waals surface area (Å²) in [5.41, 5.74) is 6.67. The van der Waals surface area contributed by atoms with Crippen molar-refractivity contribution in [1.82, 2.24) is 0 Å². The van der Waals surface area contributed by atoms with E-state index in [1.54, 1.807) is 31.2 Å². The lowest BCUT2D eigenvalue weighted by atomic mass is 10.1. The number of hydrogen-bond donors (Lipinski definition) is 2. The van der Waals surface area contributed by atoms with Crippen LogP contribution >= 0.6 is 0 Å². The highest BCUT2D eigenvalue weighted by atomic mass is 32.2. The first kappa shape index (κ1) is 13.0. The Morgan fingerprint density at radius 2 is 1.81 bits per heavy atom.